The molecule has 5 nitrogen and oxygen atoms in total. The lowest BCUT2D eigenvalue weighted by Gasteiger charge is -2.22. The van der Waals surface area contributed by atoms with Crippen LogP contribution in [0.2, 0.25) is 0 Å². The van der Waals surface area contributed by atoms with Gasteiger partial charge in [0.25, 0.3) is 0 Å². The zero-order valence-electron chi connectivity index (χ0n) is 15.0. The van der Waals surface area contributed by atoms with Crippen molar-refractivity contribution in [3.05, 3.63) is 72.2 Å². The number of anilines is 1. The number of carbonyl (C=O) groups excluding carboxylic acids is 2. The van der Waals surface area contributed by atoms with Crippen LogP contribution in [0.15, 0.2) is 60.8 Å². The van der Waals surface area contributed by atoms with Crippen molar-refractivity contribution in [2.75, 3.05) is 11.4 Å². The molecule has 0 fully saturated rings. The summed E-state index contributed by atoms with van der Waals surface area (Å²) in [5.41, 5.74) is 2.22. The van der Waals surface area contributed by atoms with Crippen LogP contribution >= 0.6 is 0 Å². The summed E-state index contributed by atoms with van der Waals surface area (Å²) < 4.78 is 12.9. The average Bonchev–Trinajstić information content (AvgIpc) is 2.67. The SMILES string of the molecule is CC(=O)N(CCC(=O)NCc1ccc(F)cc1)c1cccc2cccnc12. The maximum atomic E-state index is 12.9. The molecule has 0 bridgehead atoms. The van der Waals surface area contributed by atoms with Gasteiger partial charge in [0.1, 0.15) is 5.82 Å². The fraction of sp³-hybridized carbons (Fsp3) is 0.190. The van der Waals surface area contributed by atoms with Crippen LogP contribution in [0.5, 0.6) is 0 Å². The molecule has 0 unspecified atom stereocenters. The molecule has 1 N–H and O–H groups in total. The second kappa shape index (κ2) is 8.40. The highest BCUT2D eigenvalue weighted by atomic mass is 19.1. The number of benzene rings is 2. The van der Waals surface area contributed by atoms with E-state index < -0.39 is 0 Å². The van der Waals surface area contributed by atoms with Crippen LogP contribution in [-0.2, 0) is 16.1 Å². The maximum Gasteiger partial charge on any atom is 0.223 e. The van der Waals surface area contributed by atoms with E-state index in [9.17, 15) is 14.0 Å². The molecule has 1 aromatic heterocycles. The Hall–Kier alpha value is -3.28. The van der Waals surface area contributed by atoms with E-state index in [1.54, 1.807) is 23.2 Å². The fourth-order valence-corrected chi connectivity index (χ4v) is 2.86. The van der Waals surface area contributed by atoms with Gasteiger partial charge in [0.2, 0.25) is 11.8 Å². The van der Waals surface area contributed by atoms with Crippen LogP contribution < -0.4 is 10.2 Å². The van der Waals surface area contributed by atoms with E-state index in [1.165, 1.54) is 19.1 Å². The highest BCUT2D eigenvalue weighted by molar-refractivity contribution is 6.01. The fourth-order valence-electron chi connectivity index (χ4n) is 2.86. The summed E-state index contributed by atoms with van der Waals surface area (Å²) in [6.07, 6.45) is 1.84. The zero-order chi connectivity index (χ0) is 19.2. The van der Waals surface area contributed by atoms with E-state index in [0.29, 0.717) is 12.2 Å². The average molecular weight is 365 g/mol. The first kappa shape index (κ1) is 18.5. The topological polar surface area (TPSA) is 62.3 Å². The van der Waals surface area contributed by atoms with Crippen LogP contribution in [0.1, 0.15) is 18.9 Å². The van der Waals surface area contributed by atoms with Crippen LogP contribution in [-0.4, -0.2) is 23.3 Å². The normalized spacial score (nSPS) is 10.6. The van der Waals surface area contributed by atoms with Crippen LogP contribution in [0.25, 0.3) is 10.9 Å². The summed E-state index contributed by atoms with van der Waals surface area (Å²) in [6, 6.07) is 15.3. The molecule has 0 atom stereocenters. The quantitative estimate of drug-likeness (QED) is 0.728. The first-order valence-corrected chi connectivity index (χ1v) is 8.67. The molecular formula is C21H20FN3O2. The minimum atomic E-state index is -0.314. The van der Waals surface area contributed by atoms with Gasteiger partial charge >= 0.3 is 0 Å². The lowest BCUT2D eigenvalue weighted by atomic mass is 10.1. The lowest BCUT2D eigenvalue weighted by Crippen LogP contribution is -2.34. The largest absolute Gasteiger partial charge is 0.352 e. The van der Waals surface area contributed by atoms with E-state index in [-0.39, 0.29) is 30.6 Å². The van der Waals surface area contributed by atoms with Crippen molar-refractivity contribution in [1.82, 2.24) is 10.3 Å². The summed E-state index contributed by atoms with van der Waals surface area (Å²) in [4.78, 5) is 30.2. The summed E-state index contributed by atoms with van der Waals surface area (Å²) in [6.45, 7) is 2.04. The van der Waals surface area contributed by atoms with Gasteiger partial charge in [0.05, 0.1) is 11.2 Å². The Morgan fingerprint density at radius 1 is 1.07 bits per heavy atom. The number of pyridine rings is 1. The van der Waals surface area contributed by atoms with Crippen LogP contribution in [0, 0.1) is 5.82 Å². The van der Waals surface area contributed by atoms with Crippen molar-refractivity contribution in [3.8, 4) is 0 Å². The van der Waals surface area contributed by atoms with E-state index in [1.807, 2.05) is 30.3 Å². The molecule has 27 heavy (non-hydrogen) atoms. The number of rotatable bonds is 6. The Balaban J connectivity index is 1.65. The van der Waals surface area contributed by atoms with Crippen molar-refractivity contribution >= 4 is 28.4 Å². The molecule has 0 aliphatic rings. The van der Waals surface area contributed by atoms with Crippen LogP contribution in [0.4, 0.5) is 10.1 Å². The van der Waals surface area contributed by atoms with Gasteiger partial charge in [-0.3, -0.25) is 14.6 Å². The molecule has 0 saturated carbocycles. The van der Waals surface area contributed by atoms with Crippen LogP contribution in [0.3, 0.4) is 0 Å². The maximum absolute atomic E-state index is 12.9. The number of para-hydroxylation sites is 1. The standard InChI is InChI=1S/C21H20FN3O2/c1-15(26)25(19-6-2-4-17-5-3-12-23-21(17)19)13-11-20(27)24-14-16-7-9-18(22)10-8-16/h2-10,12H,11,13-14H2,1H3,(H,24,27). The van der Waals surface area contributed by atoms with E-state index in [2.05, 4.69) is 10.3 Å². The third-order valence-corrected chi connectivity index (χ3v) is 4.25. The molecule has 0 radical (unpaired) electrons. The molecular weight excluding hydrogens is 345 g/mol. The van der Waals surface area contributed by atoms with Gasteiger partial charge < -0.3 is 10.2 Å². The Bertz CT molecular complexity index is 952. The number of hydrogen-bond donors (Lipinski definition) is 1. The smallest absolute Gasteiger partial charge is 0.223 e. The van der Waals surface area contributed by atoms with Gasteiger partial charge in [0.15, 0.2) is 0 Å². The number of hydrogen-bond acceptors (Lipinski definition) is 3. The minimum Gasteiger partial charge on any atom is -0.352 e. The highest BCUT2D eigenvalue weighted by Gasteiger charge is 2.16. The van der Waals surface area contributed by atoms with Gasteiger partial charge in [-0.25, -0.2) is 4.39 Å². The third kappa shape index (κ3) is 4.67. The molecule has 3 rings (SSSR count). The van der Waals surface area contributed by atoms with E-state index in [0.717, 1.165) is 16.5 Å². The second-order valence-corrected chi connectivity index (χ2v) is 6.18. The number of halogens is 1. The predicted molar refractivity (Wildman–Crippen MR) is 103 cm³/mol. The van der Waals surface area contributed by atoms with Crippen molar-refractivity contribution < 1.29 is 14.0 Å². The summed E-state index contributed by atoms with van der Waals surface area (Å²) in [5, 5.41) is 3.72. The number of nitrogens with one attached hydrogen (secondary N) is 1. The Labute approximate surface area is 156 Å². The molecule has 0 saturated heterocycles. The molecule has 6 heteroatoms. The summed E-state index contributed by atoms with van der Waals surface area (Å²) in [7, 11) is 0. The van der Waals surface area contributed by atoms with Gasteiger partial charge in [-0.1, -0.05) is 30.3 Å². The van der Waals surface area contributed by atoms with Crippen molar-refractivity contribution in [1.29, 1.82) is 0 Å². The summed E-state index contributed by atoms with van der Waals surface area (Å²) in [5.74, 6) is -0.649. The molecule has 3 aromatic rings. The number of amides is 2. The lowest BCUT2D eigenvalue weighted by molar-refractivity contribution is -0.121. The molecule has 1 heterocycles. The number of aromatic nitrogens is 1. The molecule has 2 aromatic carbocycles. The van der Waals surface area contributed by atoms with Gasteiger partial charge in [-0.2, -0.15) is 0 Å². The second-order valence-electron chi connectivity index (χ2n) is 6.18. The Morgan fingerprint density at radius 3 is 2.56 bits per heavy atom. The van der Waals surface area contributed by atoms with E-state index >= 15 is 0 Å². The molecule has 0 aliphatic heterocycles. The highest BCUT2D eigenvalue weighted by Crippen LogP contribution is 2.25. The number of carbonyl (C=O) groups is 2. The molecule has 2 amide bonds. The van der Waals surface area contributed by atoms with Gasteiger partial charge in [0, 0.05) is 38.0 Å². The molecule has 0 aliphatic carbocycles. The first-order valence-electron chi connectivity index (χ1n) is 8.67. The first-order chi connectivity index (χ1) is 13.0. The van der Waals surface area contributed by atoms with Crippen molar-refractivity contribution in [2.24, 2.45) is 0 Å². The van der Waals surface area contributed by atoms with Gasteiger partial charge in [-0.15, -0.1) is 0 Å². The van der Waals surface area contributed by atoms with Gasteiger partial charge in [-0.05, 0) is 29.8 Å². The predicted octanol–water partition coefficient (Wildman–Crippen LogP) is 3.43. The zero-order valence-corrected chi connectivity index (χ0v) is 15.0. The third-order valence-electron chi connectivity index (χ3n) is 4.25. The Kier molecular flexibility index (Phi) is 5.76. The molecule has 0 spiro atoms. The number of nitrogens with zero attached hydrogens (tertiary/aromatic N) is 2. The van der Waals surface area contributed by atoms with Crippen molar-refractivity contribution in [3.63, 3.8) is 0 Å². The number of fused-ring (bicyclic) bond motifs is 1. The minimum absolute atomic E-state index is 0.153. The van der Waals surface area contributed by atoms with Crippen molar-refractivity contribution in [2.45, 2.75) is 19.9 Å². The summed E-state index contributed by atoms with van der Waals surface area (Å²) >= 11 is 0. The Morgan fingerprint density at radius 2 is 1.81 bits per heavy atom. The monoisotopic (exact) mass is 365 g/mol. The van der Waals surface area contributed by atoms with E-state index in [4.69, 9.17) is 0 Å². The molecule has 138 valence electrons.